The third kappa shape index (κ3) is 3.67. The zero-order valence-corrected chi connectivity index (χ0v) is 12.7. The molecule has 0 heterocycles. The average Bonchev–Trinajstić information content (AvgIpc) is 2.41. The lowest BCUT2D eigenvalue weighted by molar-refractivity contribution is 0.101. The van der Waals surface area contributed by atoms with Crippen molar-refractivity contribution in [3.05, 3.63) is 63.6 Å². The highest BCUT2D eigenvalue weighted by molar-refractivity contribution is 7.86. The first-order chi connectivity index (χ1) is 9.90. The van der Waals surface area contributed by atoms with Gasteiger partial charge in [0.15, 0.2) is 5.78 Å². The zero-order valence-electron chi connectivity index (χ0n) is 10.4. The zero-order chi connectivity index (χ0) is 15.6. The van der Waals surface area contributed by atoms with Crippen molar-refractivity contribution in [2.45, 2.75) is 4.90 Å². The molecule has 2 aromatic carbocycles. The summed E-state index contributed by atoms with van der Waals surface area (Å²) in [4.78, 5) is 12.1. The molecule has 0 aliphatic rings. The maximum Gasteiger partial charge on any atom is 0.181 e. The lowest BCUT2D eigenvalue weighted by Crippen LogP contribution is -2.15. The number of benzene rings is 2. The molecule has 7 heteroatoms. The molecule has 21 heavy (non-hydrogen) atoms. The van der Waals surface area contributed by atoms with E-state index < -0.39 is 39.5 Å². The van der Waals surface area contributed by atoms with Crippen LogP contribution in [0.1, 0.15) is 10.4 Å². The second-order valence-electron chi connectivity index (χ2n) is 4.08. The van der Waals surface area contributed by atoms with Crippen molar-refractivity contribution in [2.75, 3.05) is 5.75 Å². The van der Waals surface area contributed by atoms with Gasteiger partial charge >= 0.3 is 0 Å². The highest BCUT2D eigenvalue weighted by atomic mass is 35.5. The van der Waals surface area contributed by atoms with Crippen molar-refractivity contribution in [2.24, 2.45) is 0 Å². The summed E-state index contributed by atoms with van der Waals surface area (Å²) in [5.74, 6) is -3.47. The molecule has 0 saturated heterocycles. The highest BCUT2D eigenvalue weighted by Crippen LogP contribution is 2.24. The lowest BCUT2D eigenvalue weighted by atomic mass is 10.1. The van der Waals surface area contributed by atoms with Crippen molar-refractivity contribution in [3.63, 3.8) is 0 Å². The molecule has 110 valence electrons. The predicted octanol–water partition coefficient (Wildman–Crippen LogP) is 4.26. The molecule has 2 rings (SSSR count). The van der Waals surface area contributed by atoms with Crippen LogP contribution in [0.5, 0.6) is 0 Å². The van der Waals surface area contributed by atoms with Gasteiger partial charge in [-0.25, -0.2) is 8.78 Å². The van der Waals surface area contributed by atoms with Gasteiger partial charge in [-0.2, -0.15) is 0 Å². The van der Waals surface area contributed by atoms with E-state index in [1.54, 1.807) is 0 Å². The van der Waals surface area contributed by atoms with E-state index in [4.69, 9.17) is 23.2 Å². The van der Waals surface area contributed by atoms with E-state index in [9.17, 15) is 17.8 Å². The van der Waals surface area contributed by atoms with Gasteiger partial charge in [-0.1, -0.05) is 29.3 Å². The van der Waals surface area contributed by atoms with Crippen LogP contribution in [0.3, 0.4) is 0 Å². The molecule has 1 unspecified atom stereocenters. The Morgan fingerprint density at radius 1 is 1.10 bits per heavy atom. The van der Waals surface area contributed by atoms with Crippen LogP contribution >= 0.6 is 23.2 Å². The van der Waals surface area contributed by atoms with E-state index >= 15 is 0 Å². The third-order valence-electron chi connectivity index (χ3n) is 2.64. The third-order valence-corrected chi connectivity index (χ3v) is 4.67. The Labute approximate surface area is 132 Å². The fraction of sp³-hybridized carbons (Fsp3) is 0.0714. The lowest BCUT2D eigenvalue weighted by Gasteiger charge is -2.06. The van der Waals surface area contributed by atoms with E-state index in [-0.39, 0.29) is 9.92 Å². The summed E-state index contributed by atoms with van der Waals surface area (Å²) in [5.41, 5.74) is -0.705. The Hall–Kier alpha value is -1.30. The number of hydrogen-bond donors (Lipinski definition) is 0. The van der Waals surface area contributed by atoms with Crippen LogP contribution in [0.25, 0.3) is 0 Å². The second kappa shape index (κ2) is 6.64. The van der Waals surface area contributed by atoms with Gasteiger partial charge in [0.2, 0.25) is 0 Å². The van der Waals surface area contributed by atoms with Crippen LogP contribution in [0.4, 0.5) is 8.78 Å². The quantitative estimate of drug-likeness (QED) is 0.773. The van der Waals surface area contributed by atoms with Crippen LogP contribution in [-0.4, -0.2) is 15.7 Å². The van der Waals surface area contributed by atoms with E-state index in [0.717, 1.165) is 18.2 Å². The smallest absolute Gasteiger partial charge is 0.181 e. The molecule has 0 saturated carbocycles. The average molecular weight is 349 g/mol. The molecule has 0 fully saturated rings. The summed E-state index contributed by atoms with van der Waals surface area (Å²) >= 11 is 11.6. The molecule has 0 radical (unpaired) electrons. The molecular weight excluding hydrogens is 341 g/mol. The summed E-state index contributed by atoms with van der Waals surface area (Å²) in [7, 11) is -1.85. The number of halogens is 4. The molecule has 0 aliphatic heterocycles. The summed E-state index contributed by atoms with van der Waals surface area (Å²) in [6.07, 6.45) is 0. The highest BCUT2D eigenvalue weighted by Gasteiger charge is 2.21. The molecule has 2 nitrogen and oxygen atoms in total. The minimum Gasteiger partial charge on any atom is -0.293 e. The Morgan fingerprint density at radius 2 is 1.71 bits per heavy atom. The molecule has 0 aromatic heterocycles. The summed E-state index contributed by atoms with van der Waals surface area (Å²) < 4.78 is 39.1. The Morgan fingerprint density at radius 3 is 2.33 bits per heavy atom. The van der Waals surface area contributed by atoms with Crippen LogP contribution in [-0.2, 0) is 10.8 Å². The van der Waals surface area contributed by atoms with Crippen molar-refractivity contribution in [1.82, 2.24) is 0 Å². The fourth-order valence-corrected chi connectivity index (χ4v) is 3.38. The second-order valence-corrected chi connectivity index (χ2v) is 6.35. The van der Waals surface area contributed by atoms with E-state index in [1.807, 2.05) is 0 Å². The molecule has 2 aromatic rings. The largest absolute Gasteiger partial charge is 0.293 e. The Kier molecular flexibility index (Phi) is 5.08. The van der Waals surface area contributed by atoms with E-state index in [1.165, 1.54) is 18.2 Å². The minimum atomic E-state index is -1.85. The minimum absolute atomic E-state index is 0.147. The maximum absolute atomic E-state index is 13.5. The van der Waals surface area contributed by atoms with Gasteiger partial charge in [0.25, 0.3) is 0 Å². The molecule has 0 N–H and O–H groups in total. The van der Waals surface area contributed by atoms with Gasteiger partial charge in [-0.05, 0) is 30.3 Å². The fourth-order valence-electron chi connectivity index (χ4n) is 1.68. The number of ketones is 1. The monoisotopic (exact) mass is 348 g/mol. The first-order valence-electron chi connectivity index (χ1n) is 5.71. The molecule has 1 atom stereocenters. The summed E-state index contributed by atoms with van der Waals surface area (Å²) in [6.45, 7) is 0. The van der Waals surface area contributed by atoms with E-state index in [0.29, 0.717) is 5.02 Å². The molecule has 0 spiro atoms. The number of carbonyl (C=O) groups is 1. The van der Waals surface area contributed by atoms with E-state index in [2.05, 4.69) is 0 Å². The standard InChI is InChI=1S/C14H8Cl2F2O2S/c15-8-4-5-9(16)13(6-8)21(20)7-12(19)14-10(17)2-1-3-11(14)18/h1-6H,7H2. The Balaban J connectivity index is 2.27. The Bertz CT molecular complexity index is 715. The first kappa shape index (κ1) is 16.1. The van der Waals surface area contributed by atoms with Gasteiger partial charge in [0.1, 0.15) is 11.6 Å². The van der Waals surface area contributed by atoms with Crippen LogP contribution < -0.4 is 0 Å². The number of hydrogen-bond acceptors (Lipinski definition) is 2. The SMILES string of the molecule is O=C(CS(=O)c1cc(Cl)ccc1Cl)c1c(F)cccc1F. The number of Topliss-reactive ketones (excluding diaryl/α,β-unsaturated/α-hetero) is 1. The summed E-state index contributed by atoms with van der Waals surface area (Å²) in [6, 6.07) is 7.36. The molecule has 0 amide bonds. The predicted molar refractivity (Wildman–Crippen MR) is 78.4 cm³/mol. The van der Waals surface area contributed by atoms with Crippen molar-refractivity contribution in [3.8, 4) is 0 Å². The van der Waals surface area contributed by atoms with Crippen molar-refractivity contribution >= 4 is 39.8 Å². The van der Waals surface area contributed by atoms with Crippen LogP contribution in [0.15, 0.2) is 41.3 Å². The maximum atomic E-state index is 13.5. The van der Waals surface area contributed by atoms with Gasteiger partial charge in [-0.15, -0.1) is 0 Å². The van der Waals surface area contributed by atoms with Crippen LogP contribution in [0, 0.1) is 11.6 Å². The van der Waals surface area contributed by atoms with Crippen molar-refractivity contribution < 1.29 is 17.8 Å². The molecule has 0 aliphatic carbocycles. The topological polar surface area (TPSA) is 34.1 Å². The van der Waals surface area contributed by atoms with Gasteiger partial charge < -0.3 is 0 Å². The number of rotatable bonds is 4. The molecule has 0 bridgehead atoms. The van der Waals surface area contributed by atoms with Gasteiger partial charge in [0, 0.05) is 5.02 Å². The number of carbonyl (C=O) groups excluding carboxylic acids is 1. The van der Waals surface area contributed by atoms with Gasteiger partial charge in [-0.3, -0.25) is 9.00 Å². The van der Waals surface area contributed by atoms with Crippen LogP contribution in [0.2, 0.25) is 10.0 Å². The van der Waals surface area contributed by atoms with Crippen molar-refractivity contribution in [1.29, 1.82) is 0 Å². The normalized spacial score (nSPS) is 12.2. The van der Waals surface area contributed by atoms with Gasteiger partial charge in [0.05, 0.1) is 32.0 Å². The first-order valence-corrected chi connectivity index (χ1v) is 7.78. The molecular formula is C14H8Cl2F2O2S. The summed E-state index contributed by atoms with van der Waals surface area (Å²) in [5, 5.41) is 0.465.